The molecule has 0 fully saturated rings. The topological polar surface area (TPSA) is 72.0 Å². The Morgan fingerprint density at radius 2 is 2.43 bits per heavy atom. The van der Waals surface area contributed by atoms with Crippen molar-refractivity contribution in [3.05, 3.63) is 27.5 Å². The first kappa shape index (κ1) is 8.89. The van der Waals surface area contributed by atoms with E-state index in [0.717, 1.165) is 11.3 Å². The fourth-order valence-corrected chi connectivity index (χ4v) is 1.97. The van der Waals surface area contributed by atoms with Gasteiger partial charge in [-0.05, 0) is 6.07 Å². The molecule has 0 bridgehead atoms. The first-order chi connectivity index (χ1) is 6.70. The molecule has 2 heterocycles. The van der Waals surface area contributed by atoms with E-state index in [4.69, 9.17) is 0 Å². The number of carbonyl (C=O) groups excluding carboxylic acids is 1. The fourth-order valence-electron chi connectivity index (χ4n) is 1.04. The van der Waals surface area contributed by atoms with Crippen LogP contribution in [0.3, 0.4) is 0 Å². The summed E-state index contributed by atoms with van der Waals surface area (Å²) < 4.78 is 4.55. The normalized spacial score (nSPS) is 10.4. The molecule has 0 saturated heterocycles. The maximum Gasteiger partial charge on any atom is 0.348 e. The molecule has 0 aliphatic carbocycles. The lowest BCUT2D eigenvalue weighted by atomic mass is 10.4. The zero-order valence-corrected chi connectivity index (χ0v) is 8.05. The van der Waals surface area contributed by atoms with Gasteiger partial charge in [-0.15, -0.1) is 11.3 Å². The number of nitrogens with one attached hydrogen (secondary N) is 1. The number of H-pyrrole nitrogens is 1. The van der Waals surface area contributed by atoms with Crippen molar-refractivity contribution < 1.29 is 9.53 Å². The van der Waals surface area contributed by atoms with Crippen LogP contribution in [0.25, 0.3) is 10.3 Å². The van der Waals surface area contributed by atoms with E-state index in [1.165, 1.54) is 13.3 Å². The molecular formula is C8H6N2O3S. The van der Waals surface area contributed by atoms with E-state index in [0.29, 0.717) is 15.2 Å². The first-order valence-electron chi connectivity index (χ1n) is 3.78. The number of hydrogen-bond donors (Lipinski definition) is 1. The molecule has 0 amide bonds. The largest absolute Gasteiger partial charge is 0.465 e. The van der Waals surface area contributed by atoms with Crippen molar-refractivity contribution in [2.24, 2.45) is 0 Å². The van der Waals surface area contributed by atoms with Crippen LogP contribution >= 0.6 is 11.3 Å². The molecule has 6 heteroatoms. The van der Waals surface area contributed by atoms with Crippen molar-refractivity contribution in [1.29, 1.82) is 0 Å². The van der Waals surface area contributed by atoms with E-state index < -0.39 is 5.97 Å². The Morgan fingerprint density at radius 3 is 3.14 bits per heavy atom. The second kappa shape index (κ2) is 3.22. The molecule has 2 rings (SSSR count). The highest BCUT2D eigenvalue weighted by Crippen LogP contribution is 2.20. The van der Waals surface area contributed by atoms with Gasteiger partial charge in [0.2, 0.25) is 0 Å². The Morgan fingerprint density at radius 1 is 1.64 bits per heavy atom. The number of fused-ring (bicyclic) bond motifs is 1. The molecule has 0 atom stereocenters. The minimum atomic E-state index is -0.422. The molecule has 0 aliphatic rings. The molecule has 0 unspecified atom stereocenters. The molecule has 0 radical (unpaired) electrons. The number of thiophene rings is 1. The summed E-state index contributed by atoms with van der Waals surface area (Å²) in [6.45, 7) is 0. The van der Waals surface area contributed by atoms with E-state index in [9.17, 15) is 9.59 Å². The monoisotopic (exact) mass is 210 g/mol. The van der Waals surface area contributed by atoms with Gasteiger partial charge in [-0.2, -0.15) is 0 Å². The first-order valence-corrected chi connectivity index (χ1v) is 4.59. The molecule has 2 aromatic heterocycles. The van der Waals surface area contributed by atoms with Crippen LogP contribution in [-0.4, -0.2) is 23.0 Å². The summed E-state index contributed by atoms with van der Waals surface area (Å²) in [7, 11) is 1.31. The van der Waals surface area contributed by atoms with Gasteiger partial charge in [-0.25, -0.2) is 9.78 Å². The van der Waals surface area contributed by atoms with Gasteiger partial charge in [-0.1, -0.05) is 0 Å². The van der Waals surface area contributed by atoms with E-state index in [1.807, 2.05) is 0 Å². The summed E-state index contributed by atoms with van der Waals surface area (Å²) in [5, 5.41) is 0. The lowest BCUT2D eigenvalue weighted by Gasteiger charge is -1.90. The Bertz CT molecular complexity index is 543. The van der Waals surface area contributed by atoms with Crippen LogP contribution in [0.2, 0.25) is 0 Å². The van der Waals surface area contributed by atoms with E-state index in [1.54, 1.807) is 6.07 Å². The van der Waals surface area contributed by atoms with Crippen molar-refractivity contribution in [3.8, 4) is 0 Å². The van der Waals surface area contributed by atoms with Crippen LogP contribution in [0.15, 0.2) is 17.1 Å². The van der Waals surface area contributed by atoms with Gasteiger partial charge in [0, 0.05) is 0 Å². The van der Waals surface area contributed by atoms with Gasteiger partial charge in [0.25, 0.3) is 5.56 Å². The van der Waals surface area contributed by atoms with Crippen LogP contribution in [0.5, 0.6) is 0 Å². The molecule has 5 nitrogen and oxygen atoms in total. The highest BCUT2D eigenvalue weighted by atomic mass is 32.1. The third-order valence-corrected chi connectivity index (χ3v) is 2.68. The molecule has 1 N–H and O–H groups in total. The van der Waals surface area contributed by atoms with Crippen LogP contribution in [-0.2, 0) is 4.74 Å². The summed E-state index contributed by atoms with van der Waals surface area (Å²) in [4.78, 5) is 29.5. The van der Waals surface area contributed by atoms with Crippen LogP contribution < -0.4 is 5.56 Å². The van der Waals surface area contributed by atoms with Crippen molar-refractivity contribution in [2.45, 2.75) is 0 Å². The average Bonchev–Trinajstić information content (AvgIpc) is 2.59. The Hall–Kier alpha value is -1.69. The Labute approximate surface area is 82.4 Å². The molecule has 2 aromatic rings. The van der Waals surface area contributed by atoms with Crippen molar-refractivity contribution >= 4 is 27.7 Å². The average molecular weight is 210 g/mol. The second-order valence-electron chi connectivity index (χ2n) is 2.56. The lowest BCUT2D eigenvalue weighted by Crippen LogP contribution is -2.02. The Kier molecular flexibility index (Phi) is 2.05. The molecular weight excluding hydrogens is 204 g/mol. The molecule has 14 heavy (non-hydrogen) atoms. The van der Waals surface area contributed by atoms with Crippen molar-refractivity contribution in [3.63, 3.8) is 0 Å². The smallest absolute Gasteiger partial charge is 0.348 e. The van der Waals surface area contributed by atoms with E-state index in [-0.39, 0.29) is 5.56 Å². The highest BCUT2D eigenvalue weighted by molar-refractivity contribution is 7.20. The number of aromatic nitrogens is 2. The van der Waals surface area contributed by atoms with Crippen LogP contribution in [0, 0.1) is 0 Å². The van der Waals surface area contributed by atoms with Crippen LogP contribution in [0.4, 0.5) is 0 Å². The summed E-state index contributed by atoms with van der Waals surface area (Å²) >= 11 is 1.15. The molecule has 72 valence electrons. The Balaban J connectivity index is 2.62. The standard InChI is InChI=1S/C8H6N2O3S/c1-13-8(12)5-2-4-7(14-5)10-6(11)3-9-4/h2-3H,1H3,(H,10,11). The number of aromatic amines is 1. The van der Waals surface area contributed by atoms with Crippen molar-refractivity contribution in [1.82, 2.24) is 9.97 Å². The third kappa shape index (κ3) is 1.39. The minimum Gasteiger partial charge on any atom is -0.465 e. The predicted molar refractivity (Wildman–Crippen MR) is 51.6 cm³/mol. The summed E-state index contributed by atoms with van der Waals surface area (Å²) in [5.74, 6) is -0.422. The summed E-state index contributed by atoms with van der Waals surface area (Å²) in [6, 6.07) is 1.59. The molecule has 0 aliphatic heterocycles. The minimum absolute atomic E-state index is 0.282. The molecule has 0 aromatic carbocycles. The zero-order valence-electron chi connectivity index (χ0n) is 7.23. The van der Waals surface area contributed by atoms with Gasteiger partial charge < -0.3 is 9.72 Å². The molecule has 0 spiro atoms. The van der Waals surface area contributed by atoms with Crippen molar-refractivity contribution in [2.75, 3.05) is 7.11 Å². The quantitative estimate of drug-likeness (QED) is 0.706. The number of carbonyl (C=O) groups is 1. The van der Waals surface area contributed by atoms with Gasteiger partial charge in [0.1, 0.15) is 9.71 Å². The van der Waals surface area contributed by atoms with Gasteiger partial charge in [0.05, 0.1) is 18.8 Å². The number of methoxy groups -OCH3 is 1. The highest BCUT2D eigenvalue weighted by Gasteiger charge is 2.10. The summed E-state index contributed by atoms with van der Waals surface area (Å²) in [6.07, 6.45) is 1.18. The third-order valence-electron chi connectivity index (χ3n) is 1.66. The number of nitrogens with zero attached hydrogens (tertiary/aromatic N) is 1. The van der Waals surface area contributed by atoms with E-state index in [2.05, 4.69) is 14.7 Å². The van der Waals surface area contributed by atoms with Gasteiger partial charge in [0.15, 0.2) is 0 Å². The van der Waals surface area contributed by atoms with Crippen LogP contribution in [0.1, 0.15) is 9.67 Å². The van der Waals surface area contributed by atoms with E-state index >= 15 is 0 Å². The number of hydrogen-bond acceptors (Lipinski definition) is 5. The number of esters is 1. The maximum absolute atomic E-state index is 11.1. The van der Waals surface area contributed by atoms with Gasteiger partial charge in [-0.3, -0.25) is 4.79 Å². The number of rotatable bonds is 1. The summed E-state index contributed by atoms with van der Waals surface area (Å²) in [5.41, 5.74) is 0.311. The fraction of sp³-hybridized carbons (Fsp3) is 0.125. The predicted octanol–water partition coefficient (Wildman–Crippen LogP) is 0.771. The molecule has 0 saturated carbocycles. The lowest BCUT2D eigenvalue weighted by molar-refractivity contribution is 0.0606. The second-order valence-corrected chi connectivity index (χ2v) is 3.62. The zero-order chi connectivity index (χ0) is 10.1. The number of ether oxygens (including phenoxy) is 1. The van der Waals surface area contributed by atoms with Gasteiger partial charge >= 0.3 is 5.97 Å². The maximum atomic E-state index is 11.1. The SMILES string of the molecule is COC(=O)c1cc2ncc(=O)[nH]c2s1.